The lowest BCUT2D eigenvalue weighted by atomic mass is 10.2. The van der Waals surface area contributed by atoms with Gasteiger partial charge >= 0.3 is 5.97 Å². The van der Waals surface area contributed by atoms with E-state index in [9.17, 15) is 4.79 Å². The normalized spacial score (nSPS) is 10.5. The Balaban J connectivity index is 1.55. The lowest BCUT2D eigenvalue weighted by Crippen LogP contribution is -2.09. The first-order valence-electron chi connectivity index (χ1n) is 7.21. The van der Waals surface area contributed by atoms with Crippen LogP contribution in [-0.2, 0) is 11.2 Å². The van der Waals surface area contributed by atoms with Gasteiger partial charge in [-0.15, -0.1) is 0 Å². The van der Waals surface area contributed by atoms with Crippen LogP contribution in [0.25, 0.3) is 11.4 Å². The third kappa shape index (κ3) is 4.00. The van der Waals surface area contributed by atoms with Gasteiger partial charge in [0, 0.05) is 24.4 Å². The zero-order valence-electron chi connectivity index (χ0n) is 12.6. The summed E-state index contributed by atoms with van der Waals surface area (Å²) < 4.78 is 10.4. The lowest BCUT2D eigenvalue weighted by molar-refractivity contribution is -0.134. The largest absolute Gasteiger partial charge is 0.427 e. The second kappa shape index (κ2) is 6.83. The van der Waals surface area contributed by atoms with Crippen molar-refractivity contribution in [1.29, 1.82) is 0 Å². The third-order valence-electron chi connectivity index (χ3n) is 3.18. The first-order valence-corrected chi connectivity index (χ1v) is 7.21. The molecule has 6 heteroatoms. The van der Waals surface area contributed by atoms with Crippen LogP contribution in [0.3, 0.4) is 0 Å². The van der Waals surface area contributed by atoms with E-state index in [1.165, 1.54) is 0 Å². The highest BCUT2D eigenvalue weighted by atomic mass is 16.5. The van der Waals surface area contributed by atoms with Crippen molar-refractivity contribution in [3.63, 3.8) is 0 Å². The number of ether oxygens (including phenoxy) is 1. The van der Waals surface area contributed by atoms with E-state index in [2.05, 4.69) is 15.1 Å². The molecule has 0 unspecified atom stereocenters. The van der Waals surface area contributed by atoms with Crippen LogP contribution >= 0.6 is 0 Å². The summed E-state index contributed by atoms with van der Waals surface area (Å²) in [6.45, 7) is 1.97. The number of aromatic nitrogens is 3. The van der Waals surface area contributed by atoms with Crippen LogP contribution in [0.5, 0.6) is 5.75 Å². The molecule has 116 valence electrons. The van der Waals surface area contributed by atoms with Gasteiger partial charge in [0.15, 0.2) is 0 Å². The van der Waals surface area contributed by atoms with Gasteiger partial charge in [-0.25, -0.2) is 0 Å². The Hall–Kier alpha value is -3.02. The van der Waals surface area contributed by atoms with Crippen LogP contribution in [0.2, 0.25) is 0 Å². The van der Waals surface area contributed by atoms with Crippen molar-refractivity contribution in [1.82, 2.24) is 15.1 Å². The number of esters is 1. The number of carbonyl (C=O) groups is 1. The smallest absolute Gasteiger partial charge is 0.311 e. The van der Waals surface area contributed by atoms with Gasteiger partial charge in [-0.2, -0.15) is 4.98 Å². The Kier molecular flexibility index (Phi) is 4.42. The van der Waals surface area contributed by atoms with Crippen LogP contribution in [-0.4, -0.2) is 21.1 Å². The third-order valence-corrected chi connectivity index (χ3v) is 3.18. The van der Waals surface area contributed by atoms with Gasteiger partial charge in [0.2, 0.25) is 11.7 Å². The van der Waals surface area contributed by atoms with E-state index in [0.717, 1.165) is 11.1 Å². The molecule has 3 aromatic rings. The van der Waals surface area contributed by atoms with Gasteiger partial charge in [0.1, 0.15) is 5.75 Å². The summed E-state index contributed by atoms with van der Waals surface area (Å²) in [6, 6.07) is 10.9. The van der Waals surface area contributed by atoms with Crippen molar-refractivity contribution >= 4 is 5.97 Å². The maximum Gasteiger partial charge on any atom is 0.311 e. The van der Waals surface area contributed by atoms with Crippen molar-refractivity contribution in [2.45, 2.75) is 19.8 Å². The molecule has 0 radical (unpaired) electrons. The van der Waals surface area contributed by atoms with E-state index in [1.807, 2.05) is 25.1 Å². The van der Waals surface area contributed by atoms with Gasteiger partial charge < -0.3 is 9.26 Å². The summed E-state index contributed by atoms with van der Waals surface area (Å²) in [4.78, 5) is 20.1. The monoisotopic (exact) mass is 309 g/mol. The maximum atomic E-state index is 11.8. The van der Waals surface area contributed by atoms with E-state index < -0.39 is 0 Å². The molecule has 2 aromatic heterocycles. The van der Waals surface area contributed by atoms with E-state index in [4.69, 9.17) is 9.26 Å². The molecule has 0 aliphatic carbocycles. The Bertz CT molecular complexity index is 782. The number of hydrogen-bond acceptors (Lipinski definition) is 6. The van der Waals surface area contributed by atoms with Gasteiger partial charge in [0.25, 0.3) is 0 Å². The first kappa shape index (κ1) is 14.9. The highest BCUT2D eigenvalue weighted by Gasteiger charge is 2.12. The average Bonchev–Trinajstić information content (AvgIpc) is 3.05. The first-order chi connectivity index (χ1) is 11.2. The van der Waals surface area contributed by atoms with E-state index >= 15 is 0 Å². The number of nitrogens with zero attached hydrogens (tertiary/aromatic N) is 3. The Labute approximate surface area is 133 Å². The molecular formula is C17H15N3O3. The molecule has 6 nitrogen and oxygen atoms in total. The summed E-state index contributed by atoms with van der Waals surface area (Å²) in [6.07, 6.45) is 3.83. The van der Waals surface area contributed by atoms with Crippen LogP contribution in [0.1, 0.15) is 17.9 Å². The molecule has 0 aliphatic rings. The van der Waals surface area contributed by atoms with Crippen LogP contribution in [0, 0.1) is 6.92 Å². The van der Waals surface area contributed by atoms with Crippen LogP contribution < -0.4 is 4.74 Å². The zero-order valence-corrected chi connectivity index (χ0v) is 12.6. The lowest BCUT2D eigenvalue weighted by Gasteiger charge is -2.03. The standard InChI is InChI=1S/C17H15N3O3/c1-12-4-6-14(7-5-12)22-16(21)9-8-15-19-17(20-23-15)13-3-2-10-18-11-13/h2-7,10-11H,8-9H2,1H3. The van der Waals surface area contributed by atoms with Gasteiger partial charge in [-0.05, 0) is 31.2 Å². The number of pyridine rings is 1. The van der Waals surface area contributed by atoms with E-state index in [-0.39, 0.29) is 12.4 Å². The summed E-state index contributed by atoms with van der Waals surface area (Å²) in [7, 11) is 0. The summed E-state index contributed by atoms with van der Waals surface area (Å²) in [5.41, 5.74) is 1.88. The molecule has 0 N–H and O–H groups in total. The second-order valence-electron chi connectivity index (χ2n) is 5.04. The zero-order chi connectivity index (χ0) is 16.1. The molecule has 0 aliphatic heterocycles. The number of hydrogen-bond donors (Lipinski definition) is 0. The second-order valence-corrected chi connectivity index (χ2v) is 5.04. The van der Waals surface area contributed by atoms with Crippen molar-refractivity contribution in [3.05, 3.63) is 60.2 Å². The van der Waals surface area contributed by atoms with Gasteiger partial charge in [-0.3, -0.25) is 9.78 Å². The SMILES string of the molecule is Cc1ccc(OC(=O)CCc2nc(-c3cccnc3)no2)cc1. The number of benzene rings is 1. The predicted molar refractivity (Wildman–Crippen MR) is 82.7 cm³/mol. The van der Waals surface area contributed by atoms with E-state index in [0.29, 0.717) is 23.9 Å². The minimum absolute atomic E-state index is 0.169. The Morgan fingerprint density at radius 1 is 1.22 bits per heavy atom. The molecule has 23 heavy (non-hydrogen) atoms. The molecule has 1 aromatic carbocycles. The summed E-state index contributed by atoms with van der Waals surface area (Å²) in [5, 5.41) is 3.88. The fourth-order valence-electron chi connectivity index (χ4n) is 1.97. The summed E-state index contributed by atoms with van der Waals surface area (Å²) >= 11 is 0. The van der Waals surface area contributed by atoms with Crippen molar-refractivity contribution in [2.75, 3.05) is 0 Å². The maximum absolute atomic E-state index is 11.8. The van der Waals surface area contributed by atoms with Crippen molar-refractivity contribution in [3.8, 4) is 17.1 Å². The molecule has 0 amide bonds. The quantitative estimate of drug-likeness (QED) is 0.532. The topological polar surface area (TPSA) is 78.1 Å². The molecular weight excluding hydrogens is 294 g/mol. The fourth-order valence-corrected chi connectivity index (χ4v) is 1.97. The minimum Gasteiger partial charge on any atom is -0.427 e. The van der Waals surface area contributed by atoms with Crippen LogP contribution in [0.4, 0.5) is 0 Å². The van der Waals surface area contributed by atoms with E-state index in [1.54, 1.807) is 30.6 Å². The minimum atomic E-state index is -0.338. The Morgan fingerprint density at radius 3 is 2.78 bits per heavy atom. The molecule has 0 saturated heterocycles. The molecule has 0 spiro atoms. The van der Waals surface area contributed by atoms with Crippen molar-refractivity contribution in [2.24, 2.45) is 0 Å². The van der Waals surface area contributed by atoms with Gasteiger partial charge in [-0.1, -0.05) is 22.9 Å². The van der Waals surface area contributed by atoms with Crippen molar-refractivity contribution < 1.29 is 14.1 Å². The fraction of sp³-hybridized carbons (Fsp3) is 0.176. The highest BCUT2D eigenvalue weighted by molar-refractivity contribution is 5.72. The molecule has 2 heterocycles. The molecule has 0 atom stereocenters. The molecule has 3 rings (SSSR count). The number of aryl methyl sites for hydroxylation is 2. The summed E-state index contributed by atoms with van der Waals surface area (Å²) in [5.74, 6) is 1.04. The number of carbonyl (C=O) groups excluding carboxylic acids is 1. The van der Waals surface area contributed by atoms with Gasteiger partial charge in [0.05, 0.1) is 6.42 Å². The number of rotatable bonds is 5. The predicted octanol–water partition coefficient (Wildman–Crippen LogP) is 2.98. The van der Waals surface area contributed by atoms with Crippen LogP contribution in [0.15, 0.2) is 53.3 Å². The highest BCUT2D eigenvalue weighted by Crippen LogP contribution is 2.15. The Morgan fingerprint density at radius 2 is 2.04 bits per heavy atom. The average molecular weight is 309 g/mol. The molecule has 0 bridgehead atoms. The molecule has 0 fully saturated rings. The molecule has 0 saturated carbocycles.